The third-order valence-corrected chi connectivity index (χ3v) is 4.51. The molecule has 8 nitrogen and oxygen atoms in total. The van der Waals surface area contributed by atoms with E-state index in [1.165, 1.54) is 7.05 Å². The highest BCUT2D eigenvalue weighted by Crippen LogP contribution is 2.18. The minimum Gasteiger partial charge on any atom is -0.379 e. The molecule has 0 aliphatic carbocycles. The highest BCUT2D eigenvalue weighted by molar-refractivity contribution is 6.04. The van der Waals surface area contributed by atoms with Crippen LogP contribution < -0.4 is 10.6 Å². The van der Waals surface area contributed by atoms with E-state index in [-0.39, 0.29) is 11.5 Å². The molecular weight excluding hydrogens is 365 g/mol. The van der Waals surface area contributed by atoms with Crippen LogP contribution in [0, 0.1) is 5.82 Å². The topological polar surface area (TPSA) is 88.5 Å². The van der Waals surface area contributed by atoms with Gasteiger partial charge in [-0.05, 0) is 25.1 Å². The van der Waals surface area contributed by atoms with Gasteiger partial charge in [-0.3, -0.25) is 14.5 Å². The van der Waals surface area contributed by atoms with Crippen LogP contribution in [0.3, 0.4) is 0 Å². The van der Waals surface area contributed by atoms with Gasteiger partial charge in [0.1, 0.15) is 0 Å². The van der Waals surface area contributed by atoms with E-state index in [2.05, 4.69) is 20.6 Å². The van der Waals surface area contributed by atoms with Gasteiger partial charge in [0.05, 0.1) is 13.2 Å². The van der Waals surface area contributed by atoms with Gasteiger partial charge in [-0.2, -0.15) is 5.10 Å². The number of ether oxygens (including phenoxy) is 1. The number of amides is 2. The fourth-order valence-corrected chi connectivity index (χ4v) is 2.96. The van der Waals surface area contributed by atoms with Gasteiger partial charge in [0, 0.05) is 32.2 Å². The Kier molecular flexibility index (Phi) is 6.72. The van der Waals surface area contributed by atoms with Gasteiger partial charge in [-0.25, -0.2) is 9.07 Å². The molecule has 1 aromatic carbocycles. The van der Waals surface area contributed by atoms with E-state index in [4.69, 9.17) is 4.74 Å². The van der Waals surface area contributed by atoms with Gasteiger partial charge in [-0.15, -0.1) is 0 Å². The zero-order chi connectivity index (χ0) is 19.9. The average molecular weight is 389 g/mol. The lowest BCUT2D eigenvalue weighted by atomic mass is 10.2. The molecule has 2 aromatic rings. The molecule has 2 amide bonds. The summed E-state index contributed by atoms with van der Waals surface area (Å²) in [5.41, 5.74) is 0.0504. The lowest BCUT2D eigenvalue weighted by molar-refractivity contribution is 0.0374. The summed E-state index contributed by atoms with van der Waals surface area (Å²) >= 11 is 0. The van der Waals surface area contributed by atoms with Crippen LogP contribution in [0.15, 0.2) is 30.3 Å². The highest BCUT2D eigenvalue weighted by atomic mass is 19.1. The molecule has 2 N–H and O–H groups in total. The molecule has 0 atom stereocenters. The van der Waals surface area contributed by atoms with Crippen LogP contribution in [0.2, 0.25) is 0 Å². The number of halogens is 1. The predicted octanol–water partition coefficient (Wildman–Crippen LogP) is 1.26. The van der Waals surface area contributed by atoms with Crippen molar-refractivity contribution in [2.24, 2.45) is 7.05 Å². The summed E-state index contributed by atoms with van der Waals surface area (Å²) in [6.07, 6.45) is 0.748. The molecule has 150 valence electrons. The molecule has 3 rings (SSSR count). The maximum Gasteiger partial charge on any atom is 0.274 e. The maximum atomic E-state index is 14.6. The summed E-state index contributed by atoms with van der Waals surface area (Å²) in [7, 11) is 1.47. The van der Waals surface area contributed by atoms with Gasteiger partial charge >= 0.3 is 0 Å². The summed E-state index contributed by atoms with van der Waals surface area (Å²) in [5.74, 6) is -2.07. The van der Waals surface area contributed by atoms with Crippen LogP contribution in [0.5, 0.6) is 0 Å². The van der Waals surface area contributed by atoms with E-state index in [1.54, 1.807) is 30.3 Å². The van der Waals surface area contributed by atoms with Gasteiger partial charge in [-0.1, -0.05) is 18.2 Å². The molecule has 0 spiro atoms. The minimum atomic E-state index is -0.850. The fraction of sp³-hybridized carbons (Fsp3) is 0.421. The van der Waals surface area contributed by atoms with Crippen molar-refractivity contribution in [3.8, 4) is 0 Å². The van der Waals surface area contributed by atoms with Crippen LogP contribution in [0.1, 0.15) is 27.3 Å². The normalized spacial score (nSPS) is 14.6. The number of aryl methyl sites for hydroxylation is 1. The van der Waals surface area contributed by atoms with Crippen LogP contribution >= 0.6 is 0 Å². The van der Waals surface area contributed by atoms with Crippen LogP contribution in [-0.2, 0) is 11.8 Å². The number of benzene rings is 1. The molecular formula is C19H24FN5O3. The number of hydrogen-bond donors (Lipinski definition) is 2. The van der Waals surface area contributed by atoms with Crippen molar-refractivity contribution in [1.82, 2.24) is 20.0 Å². The summed E-state index contributed by atoms with van der Waals surface area (Å²) < 4.78 is 21.1. The molecule has 9 heteroatoms. The Hall–Kier alpha value is -2.78. The third kappa shape index (κ3) is 4.93. The minimum absolute atomic E-state index is 0.146. The van der Waals surface area contributed by atoms with Crippen molar-refractivity contribution in [2.75, 3.05) is 44.7 Å². The Morgan fingerprint density at radius 3 is 2.61 bits per heavy atom. The predicted molar refractivity (Wildman–Crippen MR) is 102 cm³/mol. The number of anilines is 1. The number of nitrogens with one attached hydrogen (secondary N) is 2. The molecule has 1 aromatic heterocycles. The molecule has 1 aliphatic heterocycles. The number of morpholine rings is 1. The lowest BCUT2D eigenvalue weighted by Crippen LogP contribution is -2.38. The first-order chi connectivity index (χ1) is 13.6. The van der Waals surface area contributed by atoms with Crippen molar-refractivity contribution in [2.45, 2.75) is 6.42 Å². The van der Waals surface area contributed by atoms with Crippen molar-refractivity contribution in [1.29, 1.82) is 0 Å². The van der Waals surface area contributed by atoms with Crippen LogP contribution in [0.25, 0.3) is 0 Å². The third-order valence-electron chi connectivity index (χ3n) is 4.51. The van der Waals surface area contributed by atoms with E-state index in [0.717, 1.165) is 44.0 Å². The monoisotopic (exact) mass is 389 g/mol. The van der Waals surface area contributed by atoms with E-state index in [0.29, 0.717) is 12.1 Å². The number of rotatable bonds is 7. The maximum absolute atomic E-state index is 14.6. The molecule has 1 fully saturated rings. The van der Waals surface area contributed by atoms with Gasteiger partial charge in [0.2, 0.25) is 0 Å². The van der Waals surface area contributed by atoms with E-state index in [9.17, 15) is 14.0 Å². The van der Waals surface area contributed by atoms with Crippen molar-refractivity contribution in [3.63, 3.8) is 0 Å². The standard InChI is InChI=1S/C19H24FN5O3/c1-24-17(22-18(26)14-6-3-2-4-7-14)15(20)16(23-24)19(27)21-8-5-9-25-10-12-28-13-11-25/h2-4,6-7H,5,8-13H2,1H3,(H,21,27)(H,22,26). The molecule has 0 saturated carbocycles. The Labute approximate surface area is 162 Å². The quantitative estimate of drug-likeness (QED) is 0.696. The molecule has 0 unspecified atom stereocenters. The van der Waals surface area contributed by atoms with Gasteiger partial charge in [0.15, 0.2) is 17.3 Å². The van der Waals surface area contributed by atoms with E-state index in [1.807, 2.05) is 0 Å². The molecule has 2 heterocycles. The Bertz CT molecular complexity index is 818. The second-order valence-electron chi connectivity index (χ2n) is 6.52. The molecule has 1 aliphatic rings. The number of nitrogens with zero attached hydrogens (tertiary/aromatic N) is 3. The Morgan fingerprint density at radius 1 is 1.18 bits per heavy atom. The summed E-state index contributed by atoms with van der Waals surface area (Å²) in [6.45, 7) is 4.47. The summed E-state index contributed by atoms with van der Waals surface area (Å²) in [6, 6.07) is 8.44. The summed E-state index contributed by atoms with van der Waals surface area (Å²) in [4.78, 5) is 26.7. The fourth-order valence-electron chi connectivity index (χ4n) is 2.96. The number of aromatic nitrogens is 2. The van der Waals surface area contributed by atoms with Crippen LogP contribution in [-0.4, -0.2) is 65.9 Å². The molecule has 1 saturated heterocycles. The smallest absolute Gasteiger partial charge is 0.274 e. The number of carbonyl (C=O) groups excluding carboxylic acids is 2. The molecule has 28 heavy (non-hydrogen) atoms. The number of carbonyl (C=O) groups is 2. The van der Waals surface area contributed by atoms with Crippen LogP contribution in [0.4, 0.5) is 10.2 Å². The second-order valence-corrected chi connectivity index (χ2v) is 6.52. The van der Waals surface area contributed by atoms with E-state index < -0.39 is 17.6 Å². The first-order valence-corrected chi connectivity index (χ1v) is 9.23. The van der Waals surface area contributed by atoms with Crippen molar-refractivity contribution >= 4 is 17.6 Å². The van der Waals surface area contributed by atoms with Crippen molar-refractivity contribution in [3.05, 3.63) is 47.4 Å². The Balaban J connectivity index is 1.54. The summed E-state index contributed by atoms with van der Waals surface area (Å²) in [5, 5.41) is 9.06. The first kappa shape index (κ1) is 20.0. The number of hydrogen-bond acceptors (Lipinski definition) is 5. The molecule has 0 radical (unpaired) electrons. The largest absolute Gasteiger partial charge is 0.379 e. The highest BCUT2D eigenvalue weighted by Gasteiger charge is 2.23. The SMILES string of the molecule is Cn1nc(C(=O)NCCCN2CCOCC2)c(F)c1NC(=O)c1ccccc1. The van der Waals surface area contributed by atoms with Crippen molar-refractivity contribution < 1.29 is 18.7 Å². The molecule has 0 bridgehead atoms. The zero-order valence-electron chi connectivity index (χ0n) is 15.8. The average Bonchev–Trinajstić information content (AvgIpc) is 3.01. The van der Waals surface area contributed by atoms with E-state index >= 15 is 0 Å². The first-order valence-electron chi connectivity index (χ1n) is 9.23. The van der Waals surface area contributed by atoms with Gasteiger partial charge < -0.3 is 15.4 Å². The van der Waals surface area contributed by atoms with Gasteiger partial charge in [0.25, 0.3) is 11.8 Å². The second kappa shape index (κ2) is 9.43. The zero-order valence-corrected chi connectivity index (χ0v) is 15.8. The Morgan fingerprint density at radius 2 is 1.89 bits per heavy atom. The lowest BCUT2D eigenvalue weighted by Gasteiger charge is -2.26.